The van der Waals surface area contributed by atoms with Crippen LogP contribution >= 0.6 is 15.9 Å². The molecule has 3 heterocycles. The Hall–Kier alpha value is -1.18. The molecule has 1 fully saturated rings. The molecule has 2 aromatic rings. The van der Waals surface area contributed by atoms with Gasteiger partial charge in [0.15, 0.2) is 5.65 Å². The normalized spacial score (nSPS) is 20.2. The molecule has 96 valence electrons. The molecular weight excluding hydrogens is 298 g/mol. The molecule has 0 spiro atoms. The Kier molecular flexibility index (Phi) is 3.44. The van der Waals surface area contributed by atoms with Crippen LogP contribution < -0.4 is 10.6 Å². The van der Waals surface area contributed by atoms with Gasteiger partial charge >= 0.3 is 0 Å². The Balaban J connectivity index is 1.67. The first-order chi connectivity index (χ1) is 8.81. The van der Waals surface area contributed by atoms with E-state index in [4.69, 9.17) is 4.74 Å². The van der Waals surface area contributed by atoms with Crippen LogP contribution in [0.3, 0.4) is 0 Å². The van der Waals surface area contributed by atoms with E-state index in [-0.39, 0.29) is 6.10 Å². The number of morpholine rings is 1. The van der Waals surface area contributed by atoms with Crippen LogP contribution in [0.1, 0.15) is 0 Å². The van der Waals surface area contributed by atoms with Gasteiger partial charge in [0.1, 0.15) is 0 Å². The lowest BCUT2D eigenvalue weighted by Gasteiger charge is -2.23. The van der Waals surface area contributed by atoms with Crippen LogP contribution in [0.25, 0.3) is 5.65 Å². The Labute approximate surface area is 113 Å². The molecule has 1 atom stereocenters. The maximum Gasteiger partial charge on any atom is 0.243 e. The Morgan fingerprint density at radius 1 is 1.56 bits per heavy atom. The fourth-order valence-electron chi connectivity index (χ4n) is 1.89. The van der Waals surface area contributed by atoms with Crippen molar-refractivity contribution < 1.29 is 4.74 Å². The summed E-state index contributed by atoms with van der Waals surface area (Å²) in [5, 5.41) is 10.8. The lowest BCUT2D eigenvalue weighted by molar-refractivity contribution is 0.0371. The molecule has 0 bridgehead atoms. The number of hydrogen-bond donors (Lipinski definition) is 2. The van der Waals surface area contributed by atoms with E-state index >= 15 is 0 Å². The highest BCUT2D eigenvalue weighted by Crippen LogP contribution is 2.12. The van der Waals surface area contributed by atoms with Crippen molar-refractivity contribution in [3.8, 4) is 0 Å². The molecule has 18 heavy (non-hydrogen) atoms. The summed E-state index contributed by atoms with van der Waals surface area (Å²) in [5.74, 6) is 0.627. The minimum absolute atomic E-state index is 0.178. The van der Waals surface area contributed by atoms with Gasteiger partial charge in [-0.15, -0.1) is 5.10 Å². The number of nitrogens with zero attached hydrogens (tertiary/aromatic N) is 3. The van der Waals surface area contributed by atoms with Crippen LogP contribution in [0.5, 0.6) is 0 Å². The predicted octanol–water partition coefficient (Wildman–Crippen LogP) is 0.892. The zero-order chi connectivity index (χ0) is 12.4. The van der Waals surface area contributed by atoms with Gasteiger partial charge in [0.2, 0.25) is 5.95 Å². The fraction of sp³-hybridized carbons (Fsp3) is 0.455. The predicted molar refractivity (Wildman–Crippen MR) is 71.8 cm³/mol. The molecule has 2 aromatic heterocycles. The quantitative estimate of drug-likeness (QED) is 0.881. The highest BCUT2D eigenvalue weighted by atomic mass is 79.9. The second kappa shape index (κ2) is 5.21. The number of anilines is 1. The third-order valence-corrected chi connectivity index (χ3v) is 3.26. The van der Waals surface area contributed by atoms with Gasteiger partial charge < -0.3 is 15.4 Å². The Morgan fingerprint density at radius 3 is 3.33 bits per heavy atom. The number of aromatic nitrogens is 3. The van der Waals surface area contributed by atoms with Crippen LogP contribution in [0.2, 0.25) is 0 Å². The van der Waals surface area contributed by atoms with Crippen LogP contribution in [-0.4, -0.2) is 46.9 Å². The van der Waals surface area contributed by atoms with E-state index in [0.717, 1.165) is 29.8 Å². The summed E-state index contributed by atoms with van der Waals surface area (Å²) in [4.78, 5) is 4.38. The van der Waals surface area contributed by atoms with Crippen molar-refractivity contribution in [1.29, 1.82) is 0 Å². The van der Waals surface area contributed by atoms with Crippen molar-refractivity contribution in [2.24, 2.45) is 0 Å². The fourth-order valence-corrected chi connectivity index (χ4v) is 2.21. The summed E-state index contributed by atoms with van der Waals surface area (Å²) in [6, 6.07) is 3.86. The van der Waals surface area contributed by atoms with Gasteiger partial charge in [0.05, 0.1) is 12.7 Å². The largest absolute Gasteiger partial charge is 0.374 e. The Bertz CT molecular complexity index is 537. The van der Waals surface area contributed by atoms with Crippen LogP contribution in [-0.2, 0) is 4.74 Å². The lowest BCUT2D eigenvalue weighted by atomic mass is 10.3. The van der Waals surface area contributed by atoms with Gasteiger partial charge in [0, 0.05) is 30.3 Å². The van der Waals surface area contributed by atoms with Gasteiger partial charge in [-0.2, -0.15) is 4.98 Å². The SMILES string of the molecule is Brc1ccc2nc(NCC3CNCCO3)nn2c1. The van der Waals surface area contributed by atoms with E-state index in [0.29, 0.717) is 12.5 Å². The van der Waals surface area contributed by atoms with Gasteiger partial charge in [-0.3, -0.25) is 0 Å². The van der Waals surface area contributed by atoms with Crippen molar-refractivity contribution in [3.05, 3.63) is 22.8 Å². The van der Waals surface area contributed by atoms with Gasteiger partial charge in [-0.1, -0.05) is 0 Å². The Morgan fingerprint density at radius 2 is 2.50 bits per heavy atom. The summed E-state index contributed by atoms with van der Waals surface area (Å²) in [6.07, 6.45) is 2.06. The monoisotopic (exact) mass is 311 g/mol. The summed E-state index contributed by atoms with van der Waals surface area (Å²) in [6.45, 7) is 3.27. The first-order valence-corrected chi connectivity index (χ1v) is 6.69. The molecule has 0 aromatic carbocycles. The molecule has 3 rings (SSSR count). The van der Waals surface area contributed by atoms with Crippen LogP contribution in [0, 0.1) is 0 Å². The molecule has 2 N–H and O–H groups in total. The molecular formula is C11H14BrN5O. The van der Waals surface area contributed by atoms with E-state index < -0.39 is 0 Å². The van der Waals surface area contributed by atoms with Gasteiger partial charge in [0.25, 0.3) is 0 Å². The average molecular weight is 312 g/mol. The van der Waals surface area contributed by atoms with Gasteiger partial charge in [-0.05, 0) is 28.1 Å². The summed E-state index contributed by atoms with van der Waals surface area (Å²) in [7, 11) is 0. The number of halogens is 1. The lowest BCUT2D eigenvalue weighted by Crippen LogP contribution is -2.42. The van der Waals surface area contributed by atoms with E-state index in [9.17, 15) is 0 Å². The maximum atomic E-state index is 5.60. The number of nitrogens with one attached hydrogen (secondary N) is 2. The zero-order valence-corrected chi connectivity index (χ0v) is 11.4. The molecule has 7 heteroatoms. The molecule has 1 aliphatic rings. The second-order valence-electron chi connectivity index (χ2n) is 4.16. The summed E-state index contributed by atoms with van der Waals surface area (Å²) in [5.41, 5.74) is 0.823. The highest BCUT2D eigenvalue weighted by Gasteiger charge is 2.13. The van der Waals surface area contributed by atoms with Crippen molar-refractivity contribution >= 4 is 27.5 Å². The molecule has 0 radical (unpaired) electrons. The van der Waals surface area contributed by atoms with Crippen LogP contribution in [0.4, 0.5) is 5.95 Å². The third-order valence-electron chi connectivity index (χ3n) is 2.79. The molecule has 1 unspecified atom stereocenters. The highest BCUT2D eigenvalue weighted by molar-refractivity contribution is 9.10. The molecule has 0 saturated carbocycles. The van der Waals surface area contributed by atoms with Crippen molar-refractivity contribution in [1.82, 2.24) is 19.9 Å². The number of rotatable bonds is 3. The van der Waals surface area contributed by atoms with Gasteiger partial charge in [-0.25, -0.2) is 4.52 Å². The van der Waals surface area contributed by atoms with E-state index in [1.54, 1.807) is 4.52 Å². The minimum atomic E-state index is 0.178. The maximum absolute atomic E-state index is 5.60. The third kappa shape index (κ3) is 2.63. The van der Waals surface area contributed by atoms with Crippen molar-refractivity contribution in [2.45, 2.75) is 6.10 Å². The van der Waals surface area contributed by atoms with Crippen molar-refractivity contribution in [2.75, 3.05) is 31.6 Å². The first kappa shape index (κ1) is 11.9. The topological polar surface area (TPSA) is 63.5 Å². The first-order valence-electron chi connectivity index (χ1n) is 5.89. The second-order valence-corrected chi connectivity index (χ2v) is 5.08. The van der Waals surface area contributed by atoms with E-state index in [1.807, 2.05) is 18.3 Å². The zero-order valence-electron chi connectivity index (χ0n) is 9.77. The summed E-state index contributed by atoms with van der Waals surface area (Å²) < 4.78 is 8.32. The number of fused-ring (bicyclic) bond motifs is 1. The van der Waals surface area contributed by atoms with Crippen molar-refractivity contribution in [3.63, 3.8) is 0 Å². The van der Waals surface area contributed by atoms with Crippen LogP contribution in [0.15, 0.2) is 22.8 Å². The minimum Gasteiger partial charge on any atom is -0.374 e. The molecule has 6 nitrogen and oxygen atoms in total. The van der Waals surface area contributed by atoms with E-state index in [1.165, 1.54) is 0 Å². The summed E-state index contributed by atoms with van der Waals surface area (Å²) >= 11 is 3.41. The standard InChI is InChI=1S/C11H14BrN5O/c12-8-1-2-10-15-11(16-17(10)7-8)14-6-9-5-13-3-4-18-9/h1-2,7,9,13H,3-6H2,(H,14,16). The molecule has 0 amide bonds. The molecule has 1 saturated heterocycles. The molecule has 1 aliphatic heterocycles. The number of ether oxygens (including phenoxy) is 1. The van der Waals surface area contributed by atoms with E-state index in [2.05, 4.69) is 36.6 Å². The number of pyridine rings is 1. The smallest absolute Gasteiger partial charge is 0.243 e. The average Bonchev–Trinajstić information content (AvgIpc) is 2.79. The number of hydrogen-bond acceptors (Lipinski definition) is 5. The molecule has 0 aliphatic carbocycles.